The number of unbranched alkanes of at least 4 members (excludes halogenated alkanes) is 42. The van der Waals surface area contributed by atoms with Crippen LogP contribution in [0.5, 0.6) is 0 Å². The average Bonchev–Trinajstić information content (AvgIpc) is 0.990. The summed E-state index contributed by atoms with van der Waals surface area (Å²) < 4.78 is 68.6. The molecule has 0 aliphatic rings. The lowest BCUT2D eigenvalue weighted by Crippen LogP contribution is -2.30. The number of carbonyl (C=O) groups excluding carboxylic acids is 4. The van der Waals surface area contributed by atoms with Gasteiger partial charge in [-0.25, -0.2) is 9.13 Å². The van der Waals surface area contributed by atoms with E-state index in [0.29, 0.717) is 25.7 Å². The Morgan fingerprint density at radius 1 is 0.299 bits per heavy atom. The van der Waals surface area contributed by atoms with E-state index in [2.05, 4.69) is 48.5 Å². The molecule has 0 aromatic carbocycles. The van der Waals surface area contributed by atoms with Crippen LogP contribution in [0.1, 0.15) is 402 Å². The number of phosphoric ester groups is 2. The summed E-state index contributed by atoms with van der Waals surface area (Å²) in [5, 5.41) is 10.6. The fourth-order valence-corrected chi connectivity index (χ4v) is 13.5. The summed E-state index contributed by atoms with van der Waals surface area (Å²) in [6, 6.07) is 0. The van der Waals surface area contributed by atoms with E-state index in [1.54, 1.807) is 0 Å². The van der Waals surface area contributed by atoms with Crippen LogP contribution in [0.2, 0.25) is 0 Å². The van der Waals surface area contributed by atoms with Gasteiger partial charge >= 0.3 is 39.5 Å². The summed E-state index contributed by atoms with van der Waals surface area (Å²) in [5.74, 6) is 0.276. The molecule has 0 rings (SSSR count). The quantitative estimate of drug-likeness (QED) is 0.0222. The van der Waals surface area contributed by atoms with Crippen molar-refractivity contribution in [1.29, 1.82) is 0 Å². The van der Waals surface area contributed by atoms with Gasteiger partial charge in [0.2, 0.25) is 0 Å². The Labute approximate surface area is 594 Å². The Morgan fingerprint density at radius 3 is 0.784 bits per heavy atom. The third-order valence-corrected chi connectivity index (χ3v) is 20.8. The van der Waals surface area contributed by atoms with Gasteiger partial charge in [0.05, 0.1) is 26.4 Å². The first-order valence-corrected chi connectivity index (χ1v) is 43.4. The number of rotatable bonds is 76. The van der Waals surface area contributed by atoms with Crippen molar-refractivity contribution in [2.45, 2.75) is 420 Å². The number of aliphatic hydroxyl groups is 1. The molecule has 0 aliphatic heterocycles. The molecule has 0 bridgehead atoms. The summed E-state index contributed by atoms with van der Waals surface area (Å²) in [7, 11) is -9.92. The lowest BCUT2D eigenvalue weighted by atomic mass is 9.99. The lowest BCUT2D eigenvalue weighted by molar-refractivity contribution is -0.161. The minimum Gasteiger partial charge on any atom is -0.462 e. The molecule has 576 valence electrons. The van der Waals surface area contributed by atoms with Crippen LogP contribution in [0, 0.1) is 17.8 Å². The third-order valence-electron chi connectivity index (χ3n) is 18.9. The molecule has 0 aromatic rings. The maximum atomic E-state index is 13.1. The molecule has 0 spiro atoms. The second-order valence-electron chi connectivity index (χ2n) is 29.1. The fraction of sp³-hybridized carbons (Fsp3) is 0.949. The molecule has 7 atom stereocenters. The first kappa shape index (κ1) is 95.1. The topological polar surface area (TPSA) is 237 Å². The predicted octanol–water partition coefficient (Wildman–Crippen LogP) is 23.0. The van der Waals surface area contributed by atoms with Crippen molar-refractivity contribution >= 4 is 39.5 Å². The molecule has 17 nitrogen and oxygen atoms in total. The number of hydrogen-bond donors (Lipinski definition) is 3. The SMILES string of the molecule is CCCCCCCCCCCCCCCC(=O)O[C@H](COC(=O)CCCCCCCCCCC(C)CC)COP(=O)(O)OC[C@H](O)COP(=O)(O)OC[C@@H](COC(=O)CCCCCCCCCCCCC(C)CC)OC(=O)CCCCCCCCCCCCCCCCCC(C)C. The zero-order chi connectivity index (χ0) is 71.6. The smallest absolute Gasteiger partial charge is 0.462 e. The monoisotopic (exact) mass is 1420 g/mol. The van der Waals surface area contributed by atoms with E-state index < -0.39 is 97.5 Å². The van der Waals surface area contributed by atoms with Crippen molar-refractivity contribution in [3.8, 4) is 0 Å². The Balaban J connectivity index is 5.27. The molecular formula is C78H152O17P2. The van der Waals surface area contributed by atoms with Crippen molar-refractivity contribution in [2.24, 2.45) is 17.8 Å². The van der Waals surface area contributed by atoms with Crippen molar-refractivity contribution < 1.29 is 80.2 Å². The van der Waals surface area contributed by atoms with Gasteiger partial charge in [0.25, 0.3) is 0 Å². The van der Waals surface area contributed by atoms with Crippen LogP contribution >= 0.6 is 15.6 Å². The van der Waals surface area contributed by atoms with Gasteiger partial charge in [-0.3, -0.25) is 37.3 Å². The molecule has 0 fully saturated rings. The summed E-state index contributed by atoms with van der Waals surface area (Å²) >= 11 is 0. The van der Waals surface area contributed by atoms with Gasteiger partial charge in [-0.2, -0.15) is 0 Å². The Morgan fingerprint density at radius 2 is 0.526 bits per heavy atom. The molecule has 4 unspecified atom stereocenters. The van der Waals surface area contributed by atoms with Gasteiger partial charge in [-0.1, -0.05) is 350 Å². The van der Waals surface area contributed by atoms with Crippen LogP contribution in [0.25, 0.3) is 0 Å². The predicted molar refractivity (Wildman–Crippen MR) is 395 cm³/mol. The molecule has 0 radical (unpaired) electrons. The Hall–Kier alpha value is -1.94. The van der Waals surface area contributed by atoms with Gasteiger partial charge in [0.15, 0.2) is 12.2 Å². The van der Waals surface area contributed by atoms with Crippen molar-refractivity contribution in [3.63, 3.8) is 0 Å². The molecule has 0 saturated heterocycles. The van der Waals surface area contributed by atoms with E-state index in [9.17, 15) is 43.2 Å². The standard InChI is InChI=1S/C78H152O17P2/c1-8-11-12-13-14-15-16-20-24-31-40-47-54-61-77(82)95-74(66-89-76(81)60-53-46-39-34-33-37-44-51-58-71(7)10-3)68-93-97(86,87)91-64-72(79)63-90-96(84,85)92-67-73(65-88-75(80)59-52-45-38-30-27-26-29-36-43-50-57-70(6)9-2)94-78(83)62-55-48-41-32-25-22-19-17-18-21-23-28-35-42-49-56-69(4)5/h69-74,79H,8-68H2,1-7H3,(H,84,85)(H,86,87)/t70?,71?,72-,73-,74-/m1/s1. The van der Waals surface area contributed by atoms with Gasteiger partial charge in [-0.05, 0) is 43.4 Å². The van der Waals surface area contributed by atoms with E-state index in [4.69, 9.17) is 37.0 Å². The minimum absolute atomic E-state index is 0.107. The van der Waals surface area contributed by atoms with Crippen LogP contribution in [-0.2, 0) is 65.4 Å². The molecule has 0 saturated carbocycles. The molecule has 0 aromatic heterocycles. The Kier molecular flexibility index (Phi) is 67.1. The summed E-state index contributed by atoms with van der Waals surface area (Å²) in [6.45, 7) is 12.0. The Bertz CT molecular complexity index is 1890. The van der Waals surface area contributed by atoms with E-state index in [-0.39, 0.29) is 25.7 Å². The highest BCUT2D eigenvalue weighted by atomic mass is 31.2. The fourth-order valence-electron chi connectivity index (χ4n) is 11.9. The van der Waals surface area contributed by atoms with Crippen LogP contribution in [-0.4, -0.2) is 96.7 Å². The summed E-state index contributed by atoms with van der Waals surface area (Å²) in [6.07, 6.45) is 55.2. The number of carbonyl (C=O) groups is 4. The second-order valence-corrected chi connectivity index (χ2v) is 32.0. The summed E-state index contributed by atoms with van der Waals surface area (Å²) in [5.41, 5.74) is 0. The largest absolute Gasteiger partial charge is 0.472 e. The highest BCUT2D eigenvalue weighted by molar-refractivity contribution is 7.47. The van der Waals surface area contributed by atoms with Gasteiger partial charge < -0.3 is 33.8 Å². The van der Waals surface area contributed by atoms with Gasteiger partial charge in [0.1, 0.15) is 19.3 Å². The number of esters is 4. The van der Waals surface area contributed by atoms with Crippen molar-refractivity contribution in [2.75, 3.05) is 39.6 Å². The maximum absolute atomic E-state index is 13.1. The molecule has 0 heterocycles. The van der Waals surface area contributed by atoms with Gasteiger partial charge in [-0.15, -0.1) is 0 Å². The first-order valence-electron chi connectivity index (χ1n) is 40.4. The number of ether oxygens (including phenoxy) is 4. The maximum Gasteiger partial charge on any atom is 0.472 e. The minimum atomic E-state index is -4.96. The average molecular weight is 1420 g/mol. The number of aliphatic hydroxyl groups excluding tert-OH is 1. The zero-order valence-corrected chi connectivity index (χ0v) is 65.3. The highest BCUT2D eigenvalue weighted by Crippen LogP contribution is 2.45. The van der Waals surface area contributed by atoms with E-state index in [1.807, 2.05) is 0 Å². The summed E-state index contributed by atoms with van der Waals surface area (Å²) in [4.78, 5) is 72.9. The number of phosphoric acid groups is 2. The number of hydrogen-bond acceptors (Lipinski definition) is 15. The molecule has 0 aliphatic carbocycles. The van der Waals surface area contributed by atoms with E-state index >= 15 is 0 Å². The molecule has 97 heavy (non-hydrogen) atoms. The van der Waals surface area contributed by atoms with Crippen LogP contribution in [0.3, 0.4) is 0 Å². The van der Waals surface area contributed by atoms with Crippen LogP contribution in [0.15, 0.2) is 0 Å². The highest BCUT2D eigenvalue weighted by Gasteiger charge is 2.30. The van der Waals surface area contributed by atoms with E-state index in [0.717, 1.165) is 108 Å². The van der Waals surface area contributed by atoms with Gasteiger partial charge in [0, 0.05) is 25.7 Å². The van der Waals surface area contributed by atoms with Crippen LogP contribution in [0.4, 0.5) is 0 Å². The molecule has 19 heteroatoms. The molecule has 0 amide bonds. The third kappa shape index (κ3) is 69.5. The first-order chi connectivity index (χ1) is 46.8. The molecule has 3 N–H and O–H groups in total. The lowest BCUT2D eigenvalue weighted by Gasteiger charge is -2.21. The second kappa shape index (κ2) is 68.5. The van der Waals surface area contributed by atoms with Crippen molar-refractivity contribution in [3.05, 3.63) is 0 Å². The molecular weight excluding hydrogens is 1270 g/mol. The van der Waals surface area contributed by atoms with Crippen molar-refractivity contribution in [1.82, 2.24) is 0 Å². The normalized spacial score (nSPS) is 14.6. The zero-order valence-electron chi connectivity index (χ0n) is 63.5. The van der Waals surface area contributed by atoms with E-state index in [1.165, 1.54) is 212 Å². The van der Waals surface area contributed by atoms with Crippen LogP contribution < -0.4 is 0 Å².